The Morgan fingerprint density at radius 3 is 2.65 bits per heavy atom. The van der Waals surface area contributed by atoms with E-state index < -0.39 is 11.5 Å². The number of nitrogens with zero attached hydrogens (tertiary/aromatic N) is 1. The summed E-state index contributed by atoms with van der Waals surface area (Å²) in [4.78, 5) is 16.9. The minimum atomic E-state index is -1.12. The first kappa shape index (κ1) is 18.4. The predicted octanol–water partition coefficient (Wildman–Crippen LogP) is 4.88. The minimum Gasteiger partial charge on any atom is -0.507 e. The zero-order chi connectivity index (χ0) is 18.9. The summed E-state index contributed by atoms with van der Waals surface area (Å²) >= 11 is 0. The summed E-state index contributed by atoms with van der Waals surface area (Å²) in [5, 5.41) is 22.4. The van der Waals surface area contributed by atoms with Gasteiger partial charge >= 0.3 is 5.97 Å². The summed E-state index contributed by atoms with van der Waals surface area (Å²) in [6, 6.07) is 11.3. The summed E-state index contributed by atoms with van der Waals surface area (Å²) in [7, 11) is 0. The molecule has 4 heteroatoms. The van der Waals surface area contributed by atoms with Gasteiger partial charge in [-0.15, -0.1) is 0 Å². The molecule has 0 spiro atoms. The van der Waals surface area contributed by atoms with Crippen LogP contribution in [0.15, 0.2) is 41.4 Å². The molecule has 2 aromatic carbocycles. The fraction of sp³-hybridized carbons (Fsp3) is 0.455. The number of carboxylic acids is 1. The molecule has 1 aliphatic rings. The Bertz CT molecular complexity index is 842. The van der Waals surface area contributed by atoms with E-state index in [1.165, 1.54) is 0 Å². The van der Waals surface area contributed by atoms with Gasteiger partial charge in [-0.1, -0.05) is 57.5 Å². The maximum Gasteiger partial charge on any atom is 0.331 e. The van der Waals surface area contributed by atoms with E-state index in [0.29, 0.717) is 17.9 Å². The van der Waals surface area contributed by atoms with E-state index in [1.54, 1.807) is 12.3 Å². The summed E-state index contributed by atoms with van der Waals surface area (Å²) in [5.41, 5.74) is -0.561. The Morgan fingerprint density at radius 1 is 1.23 bits per heavy atom. The van der Waals surface area contributed by atoms with Gasteiger partial charge in [0, 0.05) is 17.2 Å². The summed E-state index contributed by atoms with van der Waals surface area (Å²) in [5.74, 6) is -0.156. The Morgan fingerprint density at radius 2 is 1.96 bits per heavy atom. The Balaban J connectivity index is 2.05. The molecule has 2 aromatic rings. The maximum absolute atomic E-state index is 12.3. The van der Waals surface area contributed by atoms with E-state index >= 15 is 0 Å². The second-order valence-electron chi connectivity index (χ2n) is 7.95. The third-order valence-electron chi connectivity index (χ3n) is 5.78. The zero-order valence-electron chi connectivity index (χ0n) is 15.6. The lowest BCUT2D eigenvalue weighted by molar-refractivity contribution is -0.148. The van der Waals surface area contributed by atoms with Crippen molar-refractivity contribution < 1.29 is 15.0 Å². The lowest BCUT2D eigenvalue weighted by Crippen LogP contribution is -2.50. The van der Waals surface area contributed by atoms with Crippen LogP contribution >= 0.6 is 0 Å². The van der Waals surface area contributed by atoms with Gasteiger partial charge in [0.05, 0.1) is 0 Å². The van der Waals surface area contributed by atoms with Crippen LogP contribution in [0.3, 0.4) is 0 Å². The quantitative estimate of drug-likeness (QED) is 0.770. The van der Waals surface area contributed by atoms with Crippen molar-refractivity contribution in [3.8, 4) is 5.75 Å². The van der Waals surface area contributed by atoms with Crippen LogP contribution in [0.4, 0.5) is 0 Å². The number of aliphatic imine (C=N–C) groups is 1. The molecule has 0 aromatic heterocycles. The SMILES string of the molecule is CC(C)[C@@H]1CC[C@@H](C)C[C@@]1(N=Cc1ccc2ccccc2c1O)C(=O)O. The number of phenols is 1. The molecule has 1 aliphatic carbocycles. The van der Waals surface area contributed by atoms with Gasteiger partial charge in [0.15, 0.2) is 5.54 Å². The fourth-order valence-corrected chi connectivity index (χ4v) is 4.38. The summed E-state index contributed by atoms with van der Waals surface area (Å²) < 4.78 is 0. The average molecular weight is 353 g/mol. The van der Waals surface area contributed by atoms with E-state index in [9.17, 15) is 15.0 Å². The van der Waals surface area contributed by atoms with Crippen LogP contribution in [0.5, 0.6) is 5.75 Å². The second-order valence-corrected chi connectivity index (χ2v) is 7.95. The van der Waals surface area contributed by atoms with Gasteiger partial charge in [-0.25, -0.2) is 4.79 Å². The molecular weight excluding hydrogens is 326 g/mol. The van der Waals surface area contributed by atoms with Gasteiger partial charge in [-0.3, -0.25) is 4.99 Å². The monoisotopic (exact) mass is 353 g/mol. The third-order valence-corrected chi connectivity index (χ3v) is 5.78. The molecule has 0 unspecified atom stereocenters. The molecule has 3 rings (SSSR count). The first-order chi connectivity index (χ1) is 12.3. The van der Waals surface area contributed by atoms with Crippen molar-refractivity contribution in [2.75, 3.05) is 0 Å². The smallest absolute Gasteiger partial charge is 0.331 e. The number of benzene rings is 2. The molecule has 26 heavy (non-hydrogen) atoms. The van der Waals surface area contributed by atoms with Crippen molar-refractivity contribution in [2.24, 2.45) is 22.7 Å². The molecule has 0 aliphatic heterocycles. The fourth-order valence-electron chi connectivity index (χ4n) is 4.38. The molecule has 0 heterocycles. The molecule has 1 saturated carbocycles. The van der Waals surface area contributed by atoms with Crippen molar-refractivity contribution in [1.29, 1.82) is 0 Å². The van der Waals surface area contributed by atoms with Crippen LogP contribution in [0.25, 0.3) is 10.8 Å². The zero-order valence-corrected chi connectivity index (χ0v) is 15.6. The van der Waals surface area contributed by atoms with E-state index in [4.69, 9.17) is 0 Å². The number of aromatic hydroxyl groups is 1. The summed E-state index contributed by atoms with van der Waals surface area (Å²) in [6.07, 6.45) is 4.00. The maximum atomic E-state index is 12.3. The largest absolute Gasteiger partial charge is 0.507 e. The van der Waals surface area contributed by atoms with Crippen LogP contribution in [-0.2, 0) is 4.79 Å². The first-order valence-corrected chi connectivity index (χ1v) is 9.34. The number of hydrogen-bond acceptors (Lipinski definition) is 3. The van der Waals surface area contributed by atoms with Crippen LogP contribution in [0.1, 0.15) is 45.6 Å². The standard InChI is InChI=1S/C22H27NO3/c1-14(2)19-11-8-15(3)12-22(19,21(25)26)23-13-17-10-9-16-6-4-5-7-18(16)20(17)24/h4-7,9-10,13-15,19,24H,8,11-12H2,1-3H3,(H,25,26)/t15-,19+,22+/m1/s1. The minimum absolute atomic E-state index is 0.00458. The molecule has 138 valence electrons. The van der Waals surface area contributed by atoms with Crippen molar-refractivity contribution in [1.82, 2.24) is 0 Å². The average Bonchev–Trinajstić information content (AvgIpc) is 2.61. The molecule has 3 atom stereocenters. The van der Waals surface area contributed by atoms with E-state index in [-0.39, 0.29) is 17.6 Å². The molecule has 4 nitrogen and oxygen atoms in total. The highest BCUT2D eigenvalue weighted by Gasteiger charge is 2.50. The number of fused-ring (bicyclic) bond motifs is 1. The van der Waals surface area contributed by atoms with Gasteiger partial charge in [0.25, 0.3) is 0 Å². The highest BCUT2D eigenvalue weighted by molar-refractivity contribution is 5.98. The highest BCUT2D eigenvalue weighted by Crippen LogP contribution is 2.44. The number of carbonyl (C=O) groups is 1. The second kappa shape index (κ2) is 7.10. The van der Waals surface area contributed by atoms with Crippen LogP contribution in [0.2, 0.25) is 0 Å². The van der Waals surface area contributed by atoms with Gasteiger partial charge in [-0.05, 0) is 42.0 Å². The summed E-state index contributed by atoms with van der Waals surface area (Å²) in [6.45, 7) is 6.24. The van der Waals surface area contributed by atoms with Crippen molar-refractivity contribution in [3.63, 3.8) is 0 Å². The molecule has 0 radical (unpaired) electrons. The third kappa shape index (κ3) is 3.20. The topological polar surface area (TPSA) is 69.9 Å². The Kier molecular flexibility index (Phi) is 5.03. The molecule has 0 saturated heterocycles. The number of hydrogen-bond donors (Lipinski definition) is 2. The molecule has 0 amide bonds. The predicted molar refractivity (Wildman–Crippen MR) is 105 cm³/mol. The van der Waals surface area contributed by atoms with Crippen molar-refractivity contribution in [2.45, 2.75) is 45.6 Å². The number of carboxylic acid groups (broad SMARTS) is 1. The van der Waals surface area contributed by atoms with Gasteiger partial charge in [0.1, 0.15) is 5.75 Å². The highest BCUT2D eigenvalue weighted by atomic mass is 16.4. The number of aliphatic carboxylic acids is 1. The van der Waals surface area contributed by atoms with Gasteiger partial charge < -0.3 is 10.2 Å². The lowest BCUT2D eigenvalue weighted by atomic mass is 9.65. The normalized spacial score (nSPS) is 26.6. The van der Waals surface area contributed by atoms with Crippen molar-refractivity contribution in [3.05, 3.63) is 42.0 Å². The van der Waals surface area contributed by atoms with Crippen molar-refractivity contribution >= 4 is 23.0 Å². The van der Waals surface area contributed by atoms with Crippen LogP contribution in [-0.4, -0.2) is 27.9 Å². The van der Waals surface area contributed by atoms with E-state index in [2.05, 4.69) is 25.8 Å². The van der Waals surface area contributed by atoms with Gasteiger partial charge in [-0.2, -0.15) is 0 Å². The molecule has 1 fully saturated rings. The number of phenolic OH excluding ortho intramolecular Hbond substituents is 1. The Hall–Kier alpha value is -2.36. The van der Waals surface area contributed by atoms with E-state index in [1.807, 2.05) is 30.3 Å². The molecule has 0 bridgehead atoms. The van der Waals surface area contributed by atoms with E-state index in [0.717, 1.165) is 23.6 Å². The van der Waals surface area contributed by atoms with Gasteiger partial charge in [0.2, 0.25) is 0 Å². The van der Waals surface area contributed by atoms with Crippen LogP contribution in [0, 0.1) is 17.8 Å². The number of rotatable bonds is 4. The Labute approximate surface area is 154 Å². The lowest BCUT2D eigenvalue weighted by Gasteiger charge is -2.42. The first-order valence-electron chi connectivity index (χ1n) is 9.34. The molecule has 2 N–H and O–H groups in total. The molecular formula is C22H27NO3. The van der Waals surface area contributed by atoms with Crippen LogP contribution < -0.4 is 0 Å².